The molecule has 0 atom stereocenters. The Kier molecular flexibility index (Phi) is 4.87. The molecule has 108 valence electrons. The Morgan fingerprint density at radius 1 is 1.25 bits per heavy atom. The van der Waals surface area contributed by atoms with Crippen LogP contribution in [-0.2, 0) is 0 Å². The molecule has 0 unspecified atom stereocenters. The van der Waals surface area contributed by atoms with Crippen LogP contribution in [0.1, 0.15) is 37.7 Å². The van der Waals surface area contributed by atoms with Gasteiger partial charge >= 0.3 is 0 Å². The first-order chi connectivity index (χ1) is 9.60. The maximum Gasteiger partial charge on any atom is 0.150 e. The lowest BCUT2D eigenvalue weighted by molar-refractivity contribution is 0.410. The highest BCUT2D eigenvalue weighted by Gasteiger charge is 2.31. The molecule has 0 spiro atoms. The van der Waals surface area contributed by atoms with E-state index in [-0.39, 0.29) is 16.0 Å². The SMILES string of the molecule is CSC1(CNc2c(F)cc(C#N)cc2F)CCCCC1. The topological polar surface area (TPSA) is 35.8 Å². The van der Waals surface area contributed by atoms with Crippen LogP contribution in [0.5, 0.6) is 0 Å². The van der Waals surface area contributed by atoms with Crippen LogP contribution < -0.4 is 5.32 Å². The molecule has 0 bridgehead atoms. The van der Waals surface area contributed by atoms with Crippen LogP contribution in [0.25, 0.3) is 0 Å². The van der Waals surface area contributed by atoms with Crippen molar-refractivity contribution in [1.29, 1.82) is 5.26 Å². The fraction of sp³-hybridized carbons (Fsp3) is 0.533. The van der Waals surface area contributed by atoms with Gasteiger partial charge in [0.2, 0.25) is 0 Å². The maximum atomic E-state index is 13.8. The summed E-state index contributed by atoms with van der Waals surface area (Å²) in [5.74, 6) is -1.40. The Hall–Kier alpha value is -1.28. The zero-order valence-corrected chi connectivity index (χ0v) is 12.3. The Morgan fingerprint density at radius 2 is 1.85 bits per heavy atom. The molecule has 1 aromatic carbocycles. The molecule has 20 heavy (non-hydrogen) atoms. The van der Waals surface area contributed by atoms with E-state index < -0.39 is 11.6 Å². The third-order valence-corrected chi connectivity index (χ3v) is 5.37. The van der Waals surface area contributed by atoms with Crippen molar-refractivity contribution < 1.29 is 8.78 Å². The number of thioether (sulfide) groups is 1. The lowest BCUT2D eigenvalue weighted by atomic mass is 9.88. The van der Waals surface area contributed by atoms with Gasteiger partial charge < -0.3 is 5.32 Å². The molecule has 1 aliphatic rings. The number of nitrogens with zero attached hydrogens (tertiary/aromatic N) is 1. The summed E-state index contributed by atoms with van der Waals surface area (Å²) >= 11 is 1.77. The van der Waals surface area contributed by atoms with E-state index >= 15 is 0 Å². The van der Waals surface area contributed by atoms with Gasteiger partial charge in [0.1, 0.15) is 5.69 Å². The number of hydrogen-bond donors (Lipinski definition) is 1. The van der Waals surface area contributed by atoms with Crippen LogP contribution >= 0.6 is 11.8 Å². The van der Waals surface area contributed by atoms with Crippen molar-refractivity contribution in [2.75, 3.05) is 18.1 Å². The Balaban J connectivity index is 2.12. The number of nitrogens with one attached hydrogen (secondary N) is 1. The zero-order chi connectivity index (χ0) is 14.6. The molecule has 0 heterocycles. The molecule has 0 radical (unpaired) electrons. The predicted octanol–water partition coefficient (Wildman–Crippen LogP) is 4.31. The number of halogens is 2. The molecule has 1 saturated carbocycles. The minimum atomic E-state index is -0.700. The van der Waals surface area contributed by atoms with Gasteiger partial charge in [-0.05, 0) is 31.2 Å². The van der Waals surface area contributed by atoms with E-state index in [0.717, 1.165) is 25.0 Å². The quantitative estimate of drug-likeness (QED) is 0.899. The van der Waals surface area contributed by atoms with E-state index in [1.54, 1.807) is 17.8 Å². The van der Waals surface area contributed by atoms with Crippen LogP contribution in [0.4, 0.5) is 14.5 Å². The van der Waals surface area contributed by atoms with Crippen LogP contribution in [0.3, 0.4) is 0 Å². The van der Waals surface area contributed by atoms with Gasteiger partial charge in [0.15, 0.2) is 11.6 Å². The predicted molar refractivity (Wildman–Crippen MR) is 78.9 cm³/mol. The summed E-state index contributed by atoms with van der Waals surface area (Å²) in [4.78, 5) is 0. The van der Waals surface area contributed by atoms with Gasteiger partial charge in [0.05, 0.1) is 11.6 Å². The summed E-state index contributed by atoms with van der Waals surface area (Å²) in [5, 5.41) is 11.6. The number of rotatable bonds is 4. The van der Waals surface area contributed by atoms with Gasteiger partial charge in [-0.15, -0.1) is 0 Å². The third-order valence-electron chi connectivity index (χ3n) is 3.96. The van der Waals surface area contributed by atoms with E-state index in [4.69, 9.17) is 5.26 Å². The van der Waals surface area contributed by atoms with E-state index in [0.29, 0.717) is 6.54 Å². The first-order valence-electron chi connectivity index (χ1n) is 6.78. The van der Waals surface area contributed by atoms with Gasteiger partial charge in [-0.25, -0.2) is 8.78 Å². The molecule has 2 nitrogen and oxygen atoms in total. The minimum Gasteiger partial charge on any atom is -0.379 e. The number of hydrogen-bond acceptors (Lipinski definition) is 3. The van der Waals surface area contributed by atoms with Crippen molar-refractivity contribution in [2.45, 2.75) is 36.9 Å². The summed E-state index contributed by atoms with van der Waals surface area (Å²) < 4.78 is 27.7. The molecule has 0 aliphatic heterocycles. The van der Waals surface area contributed by atoms with Crippen molar-refractivity contribution in [2.24, 2.45) is 0 Å². The Bertz CT molecular complexity index is 496. The molecule has 5 heteroatoms. The van der Waals surface area contributed by atoms with Gasteiger partial charge in [-0.1, -0.05) is 19.3 Å². The van der Waals surface area contributed by atoms with E-state index in [1.807, 2.05) is 0 Å². The highest BCUT2D eigenvalue weighted by atomic mass is 32.2. The lowest BCUT2D eigenvalue weighted by Gasteiger charge is -2.36. The average Bonchev–Trinajstić information content (AvgIpc) is 2.47. The van der Waals surface area contributed by atoms with E-state index in [1.165, 1.54) is 19.3 Å². The fourth-order valence-electron chi connectivity index (χ4n) is 2.71. The van der Waals surface area contributed by atoms with Gasteiger partial charge in [-0.2, -0.15) is 17.0 Å². The third kappa shape index (κ3) is 3.24. The van der Waals surface area contributed by atoms with E-state index in [9.17, 15) is 8.78 Å². The average molecular weight is 296 g/mol. The molecular formula is C15H18F2N2S. The molecule has 0 saturated heterocycles. The number of nitriles is 1. The van der Waals surface area contributed by atoms with Crippen molar-refractivity contribution in [3.8, 4) is 6.07 Å². The molecule has 1 aromatic rings. The van der Waals surface area contributed by atoms with E-state index in [2.05, 4.69) is 11.6 Å². The highest BCUT2D eigenvalue weighted by molar-refractivity contribution is 8.00. The molecule has 1 fully saturated rings. The fourth-order valence-corrected chi connectivity index (χ4v) is 3.62. The monoisotopic (exact) mass is 296 g/mol. The van der Waals surface area contributed by atoms with Crippen molar-refractivity contribution >= 4 is 17.4 Å². The van der Waals surface area contributed by atoms with Gasteiger partial charge in [0.25, 0.3) is 0 Å². The summed E-state index contributed by atoms with van der Waals surface area (Å²) in [7, 11) is 0. The zero-order valence-electron chi connectivity index (χ0n) is 11.5. The molecular weight excluding hydrogens is 278 g/mol. The number of anilines is 1. The van der Waals surface area contributed by atoms with Crippen molar-refractivity contribution in [3.05, 3.63) is 29.3 Å². The first kappa shape index (κ1) is 15.1. The normalized spacial score (nSPS) is 17.5. The highest BCUT2D eigenvalue weighted by Crippen LogP contribution is 2.39. The second kappa shape index (κ2) is 6.45. The lowest BCUT2D eigenvalue weighted by Crippen LogP contribution is -2.35. The Morgan fingerprint density at radius 3 is 2.35 bits per heavy atom. The van der Waals surface area contributed by atoms with Crippen molar-refractivity contribution in [1.82, 2.24) is 0 Å². The van der Waals surface area contributed by atoms with Crippen molar-refractivity contribution in [3.63, 3.8) is 0 Å². The summed E-state index contributed by atoms with van der Waals surface area (Å²) in [6.07, 6.45) is 7.77. The summed E-state index contributed by atoms with van der Waals surface area (Å²) in [5.41, 5.74) is -0.120. The molecule has 0 aromatic heterocycles. The summed E-state index contributed by atoms with van der Waals surface area (Å²) in [6, 6.07) is 3.88. The van der Waals surface area contributed by atoms with Gasteiger partial charge in [0, 0.05) is 11.3 Å². The minimum absolute atomic E-state index is 0.00259. The van der Waals surface area contributed by atoms with Crippen LogP contribution in [0.2, 0.25) is 0 Å². The second-order valence-corrected chi connectivity index (χ2v) is 6.50. The standard InChI is InChI=1S/C15H18F2N2S/c1-20-15(5-3-2-4-6-15)10-19-14-12(16)7-11(9-18)8-13(14)17/h7-8,19H,2-6,10H2,1H3. The molecule has 1 N–H and O–H groups in total. The summed E-state index contributed by atoms with van der Waals surface area (Å²) in [6.45, 7) is 0.550. The number of benzene rings is 1. The molecule has 2 rings (SSSR count). The second-order valence-electron chi connectivity index (χ2n) is 5.23. The Labute approximate surface area is 122 Å². The van der Waals surface area contributed by atoms with Gasteiger partial charge in [-0.3, -0.25) is 0 Å². The van der Waals surface area contributed by atoms with Crippen LogP contribution in [0, 0.1) is 23.0 Å². The smallest absolute Gasteiger partial charge is 0.150 e. The molecule has 1 aliphatic carbocycles. The van der Waals surface area contributed by atoms with Crippen LogP contribution in [0.15, 0.2) is 12.1 Å². The largest absolute Gasteiger partial charge is 0.379 e. The maximum absolute atomic E-state index is 13.8. The molecule has 0 amide bonds. The van der Waals surface area contributed by atoms with Crippen LogP contribution in [-0.4, -0.2) is 17.5 Å². The first-order valence-corrected chi connectivity index (χ1v) is 8.01.